The Morgan fingerprint density at radius 2 is 1.76 bits per heavy atom. The van der Waals surface area contributed by atoms with E-state index in [9.17, 15) is 4.79 Å². The van der Waals surface area contributed by atoms with Gasteiger partial charge in [-0.05, 0) is 63.4 Å². The number of aryl methyl sites for hydroxylation is 3. The molecule has 1 rings (SSSR count). The Balaban J connectivity index is 2.95. The highest BCUT2D eigenvalue weighted by atomic mass is 16.1. The van der Waals surface area contributed by atoms with Crippen molar-refractivity contribution in [3.05, 3.63) is 34.4 Å². The average Bonchev–Trinajstić information content (AvgIpc) is 2.25. The first-order valence-electron chi connectivity index (χ1n) is 6.20. The Morgan fingerprint density at radius 3 is 2.29 bits per heavy atom. The number of hydrogen-bond acceptors (Lipinski definition) is 2. The second kappa shape index (κ2) is 5.97. The standard InChI is InChI=1S/C15H23NO/c1-10-8-12(3)14(9-11(10)2)15(16-5)7-6-13(4)17/h8-9,15-16H,6-7H2,1-5H3. The number of benzene rings is 1. The predicted octanol–water partition coefficient (Wildman–Crippen LogP) is 3.24. The van der Waals surface area contributed by atoms with Gasteiger partial charge >= 0.3 is 0 Å². The van der Waals surface area contributed by atoms with Crippen molar-refractivity contribution in [3.63, 3.8) is 0 Å². The van der Waals surface area contributed by atoms with E-state index in [-0.39, 0.29) is 11.8 Å². The van der Waals surface area contributed by atoms with Crippen LogP contribution in [0.15, 0.2) is 12.1 Å². The number of hydrogen-bond donors (Lipinski definition) is 1. The van der Waals surface area contributed by atoms with Gasteiger partial charge in [-0.15, -0.1) is 0 Å². The Labute approximate surface area is 104 Å². The minimum absolute atomic E-state index is 0.256. The van der Waals surface area contributed by atoms with Crippen molar-refractivity contribution in [3.8, 4) is 0 Å². The molecule has 0 amide bonds. The highest BCUT2D eigenvalue weighted by Gasteiger charge is 2.13. The van der Waals surface area contributed by atoms with Gasteiger partial charge in [-0.25, -0.2) is 0 Å². The zero-order valence-corrected chi connectivity index (χ0v) is 11.6. The monoisotopic (exact) mass is 233 g/mol. The van der Waals surface area contributed by atoms with Crippen molar-refractivity contribution in [2.24, 2.45) is 0 Å². The molecule has 0 radical (unpaired) electrons. The second-order valence-corrected chi connectivity index (χ2v) is 4.88. The summed E-state index contributed by atoms with van der Waals surface area (Å²) < 4.78 is 0. The first kappa shape index (κ1) is 13.9. The highest BCUT2D eigenvalue weighted by Crippen LogP contribution is 2.24. The molecule has 0 aliphatic heterocycles. The Kier molecular flexibility index (Phi) is 4.88. The molecule has 1 atom stereocenters. The number of rotatable bonds is 5. The maximum Gasteiger partial charge on any atom is 0.129 e. The molecule has 0 spiro atoms. The molecular weight excluding hydrogens is 210 g/mol. The van der Waals surface area contributed by atoms with Crippen LogP contribution < -0.4 is 5.32 Å². The molecule has 2 nitrogen and oxygen atoms in total. The lowest BCUT2D eigenvalue weighted by Crippen LogP contribution is -2.18. The van der Waals surface area contributed by atoms with Crippen LogP contribution in [0.4, 0.5) is 0 Å². The fourth-order valence-corrected chi connectivity index (χ4v) is 2.16. The number of ketones is 1. The van der Waals surface area contributed by atoms with Crippen LogP contribution in [0.2, 0.25) is 0 Å². The minimum atomic E-state index is 0.256. The summed E-state index contributed by atoms with van der Waals surface area (Å²) in [5.41, 5.74) is 5.26. The van der Waals surface area contributed by atoms with E-state index in [2.05, 4.69) is 38.2 Å². The topological polar surface area (TPSA) is 29.1 Å². The molecule has 1 aromatic carbocycles. The lowest BCUT2D eigenvalue weighted by atomic mass is 9.93. The molecular formula is C15H23NO. The molecule has 0 saturated carbocycles. The number of Topliss-reactive ketones (excluding diaryl/α,β-unsaturated/α-hetero) is 1. The van der Waals surface area contributed by atoms with E-state index in [0.29, 0.717) is 6.42 Å². The van der Waals surface area contributed by atoms with E-state index < -0.39 is 0 Å². The van der Waals surface area contributed by atoms with Gasteiger partial charge in [0, 0.05) is 12.5 Å². The van der Waals surface area contributed by atoms with Gasteiger partial charge in [-0.3, -0.25) is 0 Å². The normalized spacial score (nSPS) is 12.5. The lowest BCUT2D eigenvalue weighted by Gasteiger charge is -2.20. The Bertz CT molecular complexity index is 410. The fourth-order valence-electron chi connectivity index (χ4n) is 2.16. The van der Waals surface area contributed by atoms with Crippen LogP contribution >= 0.6 is 0 Å². The summed E-state index contributed by atoms with van der Waals surface area (Å²) >= 11 is 0. The molecule has 0 aliphatic carbocycles. The van der Waals surface area contributed by atoms with Gasteiger partial charge in [-0.2, -0.15) is 0 Å². The summed E-state index contributed by atoms with van der Waals surface area (Å²) in [7, 11) is 1.96. The van der Waals surface area contributed by atoms with Crippen LogP contribution in [-0.2, 0) is 4.79 Å². The average molecular weight is 233 g/mol. The van der Waals surface area contributed by atoms with Crippen LogP contribution in [0.3, 0.4) is 0 Å². The van der Waals surface area contributed by atoms with Crippen LogP contribution in [0.5, 0.6) is 0 Å². The van der Waals surface area contributed by atoms with Gasteiger partial charge in [0.1, 0.15) is 5.78 Å². The third kappa shape index (κ3) is 3.67. The number of carbonyl (C=O) groups excluding carboxylic acids is 1. The summed E-state index contributed by atoms with van der Waals surface area (Å²) in [6.07, 6.45) is 1.51. The molecule has 0 aliphatic rings. The summed E-state index contributed by atoms with van der Waals surface area (Å²) in [5, 5.41) is 3.31. The van der Waals surface area contributed by atoms with E-state index in [1.54, 1.807) is 6.92 Å². The van der Waals surface area contributed by atoms with Gasteiger partial charge in [0.2, 0.25) is 0 Å². The van der Waals surface area contributed by atoms with E-state index in [1.165, 1.54) is 22.3 Å². The predicted molar refractivity (Wildman–Crippen MR) is 72.4 cm³/mol. The van der Waals surface area contributed by atoms with E-state index in [1.807, 2.05) is 7.05 Å². The molecule has 94 valence electrons. The van der Waals surface area contributed by atoms with Gasteiger partial charge in [-0.1, -0.05) is 12.1 Å². The van der Waals surface area contributed by atoms with Crippen molar-refractivity contribution in [1.82, 2.24) is 5.32 Å². The van der Waals surface area contributed by atoms with Gasteiger partial charge in [0.25, 0.3) is 0 Å². The van der Waals surface area contributed by atoms with Crippen molar-refractivity contribution < 1.29 is 4.79 Å². The number of carbonyl (C=O) groups is 1. The first-order chi connectivity index (χ1) is 7.95. The molecule has 1 aromatic rings. The quantitative estimate of drug-likeness (QED) is 0.846. The minimum Gasteiger partial charge on any atom is -0.313 e. The van der Waals surface area contributed by atoms with E-state index >= 15 is 0 Å². The molecule has 17 heavy (non-hydrogen) atoms. The maximum absolute atomic E-state index is 11.1. The number of nitrogens with one attached hydrogen (secondary N) is 1. The van der Waals surface area contributed by atoms with Gasteiger partial charge in [0.05, 0.1) is 0 Å². The molecule has 1 N–H and O–H groups in total. The zero-order valence-electron chi connectivity index (χ0n) is 11.6. The third-order valence-electron chi connectivity index (χ3n) is 3.39. The molecule has 0 fully saturated rings. The Morgan fingerprint density at radius 1 is 1.18 bits per heavy atom. The molecule has 0 bridgehead atoms. The zero-order chi connectivity index (χ0) is 13.0. The summed E-state index contributed by atoms with van der Waals surface area (Å²) in [6, 6.07) is 4.74. The van der Waals surface area contributed by atoms with Crippen LogP contribution in [-0.4, -0.2) is 12.8 Å². The van der Waals surface area contributed by atoms with E-state index in [4.69, 9.17) is 0 Å². The van der Waals surface area contributed by atoms with Crippen LogP contribution in [0, 0.1) is 20.8 Å². The Hall–Kier alpha value is -1.15. The van der Waals surface area contributed by atoms with Crippen LogP contribution in [0.25, 0.3) is 0 Å². The molecule has 1 unspecified atom stereocenters. The van der Waals surface area contributed by atoms with Crippen molar-refractivity contribution in [2.45, 2.75) is 46.6 Å². The molecule has 0 aromatic heterocycles. The second-order valence-electron chi connectivity index (χ2n) is 4.88. The first-order valence-corrected chi connectivity index (χ1v) is 6.20. The smallest absolute Gasteiger partial charge is 0.129 e. The van der Waals surface area contributed by atoms with E-state index in [0.717, 1.165) is 6.42 Å². The van der Waals surface area contributed by atoms with Crippen LogP contribution in [0.1, 0.15) is 48.1 Å². The highest BCUT2D eigenvalue weighted by molar-refractivity contribution is 5.75. The summed E-state index contributed by atoms with van der Waals surface area (Å²) in [6.45, 7) is 8.06. The molecule has 0 saturated heterocycles. The summed E-state index contributed by atoms with van der Waals surface area (Å²) in [4.78, 5) is 11.1. The van der Waals surface area contributed by atoms with Gasteiger partial charge in [0.15, 0.2) is 0 Å². The van der Waals surface area contributed by atoms with Crippen molar-refractivity contribution >= 4 is 5.78 Å². The van der Waals surface area contributed by atoms with Crippen molar-refractivity contribution in [1.29, 1.82) is 0 Å². The fraction of sp³-hybridized carbons (Fsp3) is 0.533. The maximum atomic E-state index is 11.1. The SMILES string of the molecule is CNC(CCC(C)=O)c1cc(C)c(C)cc1C. The molecule has 0 heterocycles. The van der Waals surface area contributed by atoms with Gasteiger partial charge < -0.3 is 10.1 Å². The third-order valence-corrected chi connectivity index (χ3v) is 3.39. The largest absolute Gasteiger partial charge is 0.313 e. The lowest BCUT2D eigenvalue weighted by molar-refractivity contribution is -0.117. The molecule has 2 heteroatoms. The van der Waals surface area contributed by atoms with Crippen molar-refractivity contribution in [2.75, 3.05) is 7.05 Å². The summed E-state index contributed by atoms with van der Waals surface area (Å²) in [5.74, 6) is 0.256.